The average Bonchev–Trinajstić information content (AvgIpc) is 2.41. The van der Waals surface area contributed by atoms with Gasteiger partial charge in [0.15, 0.2) is 0 Å². The molecule has 1 aliphatic heterocycles. The molecule has 0 bridgehead atoms. The summed E-state index contributed by atoms with van der Waals surface area (Å²) in [5.74, 6) is 0.353. The van der Waals surface area contributed by atoms with E-state index in [4.69, 9.17) is 10.5 Å². The molecule has 1 aromatic rings. The summed E-state index contributed by atoms with van der Waals surface area (Å²) in [5, 5.41) is 0. The van der Waals surface area contributed by atoms with Crippen molar-refractivity contribution in [2.45, 2.75) is 31.2 Å². The van der Waals surface area contributed by atoms with E-state index >= 15 is 0 Å². The van der Waals surface area contributed by atoms with E-state index in [0.717, 1.165) is 0 Å². The van der Waals surface area contributed by atoms with Crippen LogP contribution in [0.4, 0.5) is 0 Å². The van der Waals surface area contributed by atoms with Crippen molar-refractivity contribution in [2.24, 2.45) is 11.1 Å². The molecule has 1 fully saturated rings. The molecular formula is C14H22BrClN2O3S. The quantitative estimate of drug-likeness (QED) is 0.827. The molecule has 1 aliphatic rings. The minimum absolute atomic E-state index is 0. The Kier molecular flexibility index (Phi) is 6.31. The SMILES string of the molecule is COc1ccc(Br)cc1S(=O)(=O)N1CCC(N)C(C)(C)C1.Cl. The molecule has 0 aliphatic carbocycles. The fourth-order valence-corrected chi connectivity index (χ4v) is 4.84. The number of methoxy groups -OCH3 is 1. The molecule has 2 rings (SSSR count). The molecule has 1 aromatic carbocycles. The van der Waals surface area contributed by atoms with Crippen LogP contribution in [0.2, 0.25) is 0 Å². The Bertz CT molecular complexity index is 637. The van der Waals surface area contributed by atoms with Gasteiger partial charge in [-0.3, -0.25) is 0 Å². The van der Waals surface area contributed by atoms with Crippen LogP contribution in [0, 0.1) is 5.41 Å². The first-order valence-electron chi connectivity index (χ1n) is 6.78. The highest BCUT2D eigenvalue weighted by molar-refractivity contribution is 9.10. The third-order valence-corrected chi connectivity index (χ3v) is 6.38. The van der Waals surface area contributed by atoms with Gasteiger partial charge in [0.2, 0.25) is 10.0 Å². The smallest absolute Gasteiger partial charge is 0.246 e. The van der Waals surface area contributed by atoms with Gasteiger partial charge in [-0.25, -0.2) is 8.42 Å². The van der Waals surface area contributed by atoms with Crippen molar-refractivity contribution in [3.05, 3.63) is 22.7 Å². The number of hydrogen-bond acceptors (Lipinski definition) is 4. The summed E-state index contributed by atoms with van der Waals surface area (Å²) >= 11 is 3.32. The third-order valence-electron chi connectivity index (χ3n) is 4.02. The minimum atomic E-state index is -3.60. The van der Waals surface area contributed by atoms with Crippen molar-refractivity contribution in [2.75, 3.05) is 20.2 Å². The lowest BCUT2D eigenvalue weighted by Gasteiger charge is -2.41. The van der Waals surface area contributed by atoms with E-state index in [1.54, 1.807) is 18.2 Å². The zero-order chi connectivity index (χ0) is 15.8. The first kappa shape index (κ1) is 19.7. The molecule has 0 spiro atoms. The molecule has 2 N–H and O–H groups in total. The van der Waals surface area contributed by atoms with Gasteiger partial charge < -0.3 is 10.5 Å². The van der Waals surface area contributed by atoms with Crippen LogP contribution in [0.5, 0.6) is 5.75 Å². The van der Waals surface area contributed by atoms with Gasteiger partial charge in [0, 0.05) is 23.6 Å². The second-order valence-corrected chi connectivity index (χ2v) is 8.84. The Morgan fingerprint density at radius 1 is 1.41 bits per heavy atom. The second-order valence-electron chi connectivity index (χ2n) is 6.02. The Hall–Kier alpha value is -0.340. The lowest BCUT2D eigenvalue weighted by atomic mass is 9.81. The van der Waals surface area contributed by atoms with Gasteiger partial charge in [-0.2, -0.15) is 4.31 Å². The molecule has 5 nitrogen and oxygen atoms in total. The summed E-state index contributed by atoms with van der Waals surface area (Å²) < 4.78 is 33.2. The molecule has 1 saturated heterocycles. The van der Waals surface area contributed by atoms with Crippen molar-refractivity contribution in [3.8, 4) is 5.75 Å². The normalized spacial score (nSPS) is 22.0. The van der Waals surface area contributed by atoms with E-state index in [1.807, 2.05) is 13.8 Å². The zero-order valence-corrected chi connectivity index (χ0v) is 16.1. The summed E-state index contributed by atoms with van der Waals surface area (Å²) in [6, 6.07) is 5.00. The predicted octanol–water partition coefficient (Wildman–Crippen LogP) is 2.63. The number of ether oxygens (including phenoxy) is 1. The minimum Gasteiger partial charge on any atom is -0.495 e. The van der Waals surface area contributed by atoms with Crippen LogP contribution in [0.3, 0.4) is 0 Å². The van der Waals surface area contributed by atoms with E-state index in [-0.39, 0.29) is 28.8 Å². The largest absolute Gasteiger partial charge is 0.495 e. The van der Waals surface area contributed by atoms with Crippen LogP contribution in [0.1, 0.15) is 20.3 Å². The second kappa shape index (κ2) is 7.05. The van der Waals surface area contributed by atoms with Crippen LogP contribution in [-0.4, -0.2) is 39.0 Å². The Morgan fingerprint density at radius 2 is 2.05 bits per heavy atom. The van der Waals surface area contributed by atoms with Crippen LogP contribution in [0.25, 0.3) is 0 Å². The molecule has 1 unspecified atom stereocenters. The highest BCUT2D eigenvalue weighted by Gasteiger charge is 2.39. The monoisotopic (exact) mass is 412 g/mol. The van der Waals surface area contributed by atoms with E-state index in [2.05, 4.69) is 15.9 Å². The summed E-state index contributed by atoms with van der Waals surface area (Å²) in [5.41, 5.74) is 5.84. The summed E-state index contributed by atoms with van der Waals surface area (Å²) in [7, 11) is -2.13. The van der Waals surface area contributed by atoms with Crippen molar-refractivity contribution >= 4 is 38.4 Å². The van der Waals surface area contributed by atoms with Crippen molar-refractivity contribution in [1.29, 1.82) is 0 Å². The molecule has 22 heavy (non-hydrogen) atoms. The number of nitrogens with zero attached hydrogens (tertiary/aromatic N) is 1. The van der Waals surface area contributed by atoms with Gasteiger partial charge in [0.1, 0.15) is 10.6 Å². The standard InChI is InChI=1S/C14H21BrN2O3S.ClH/c1-14(2)9-17(7-6-13(14)16)21(18,19)12-8-10(15)4-5-11(12)20-3;/h4-5,8,13H,6-7,9,16H2,1-3H3;1H. The molecule has 1 heterocycles. The highest BCUT2D eigenvalue weighted by atomic mass is 79.9. The maximum atomic E-state index is 12.9. The number of benzene rings is 1. The third kappa shape index (κ3) is 3.76. The molecule has 0 amide bonds. The number of hydrogen-bond donors (Lipinski definition) is 1. The maximum Gasteiger partial charge on any atom is 0.246 e. The van der Waals surface area contributed by atoms with Crippen LogP contribution >= 0.6 is 28.3 Å². The number of nitrogens with two attached hydrogens (primary N) is 1. The summed E-state index contributed by atoms with van der Waals surface area (Å²) in [6.45, 7) is 4.84. The molecule has 0 saturated carbocycles. The summed E-state index contributed by atoms with van der Waals surface area (Å²) in [4.78, 5) is 0.186. The average molecular weight is 414 g/mol. The van der Waals surface area contributed by atoms with Gasteiger partial charge >= 0.3 is 0 Å². The maximum absolute atomic E-state index is 12.9. The van der Waals surface area contributed by atoms with Gasteiger partial charge in [-0.15, -0.1) is 12.4 Å². The topological polar surface area (TPSA) is 72.6 Å². The van der Waals surface area contributed by atoms with Gasteiger partial charge in [-0.05, 0) is 30.0 Å². The van der Waals surface area contributed by atoms with Gasteiger partial charge in [0.25, 0.3) is 0 Å². The molecule has 0 radical (unpaired) electrons. The first-order valence-corrected chi connectivity index (χ1v) is 9.01. The van der Waals surface area contributed by atoms with E-state index in [1.165, 1.54) is 11.4 Å². The van der Waals surface area contributed by atoms with Crippen LogP contribution < -0.4 is 10.5 Å². The van der Waals surface area contributed by atoms with Crippen molar-refractivity contribution in [3.63, 3.8) is 0 Å². The number of sulfonamides is 1. The van der Waals surface area contributed by atoms with E-state index < -0.39 is 10.0 Å². The molecule has 8 heteroatoms. The predicted molar refractivity (Wildman–Crippen MR) is 93.1 cm³/mol. The number of rotatable bonds is 3. The summed E-state index contributed by atoms with van der Waals surface area (Å²) in [6.07, 6.45) is 0.655. The lowest BCUT2D eigenvalue weighted by molar-refractivity contribution is 0.155. The first-order chi connectivity index (χ1) is 9.68. The molecule has 1 atom stereocenters. The molecule has 0 aromatic heterocycles. The van der Waals surface area contributed by atoms with E-state index in [0.29, 0.717) is 29.7 Å². The van der Waals surface area contributed by atoms with Gasteiger partial charge in [-0.1, -0.05) is 29.8 Å². The number of halogens is 2. The van der Waals surface area contributed by atoms with Crippen molar-refractivity contribution in [1.82, 2.24) is 4.31 Å². The number of piperidine rings is 1. The van der Waals surface area contributed by atoms with E-state index in [9.17, 15) is 8.42 Å². The Morgan fingerprint density at radius 3 is 2.59 bits per heavy atom. The Balaban J connectivity index is 0.00000242. The molecular weight excluding hydrogens is 392 g/mol. The Labute approximate surface area is 146 Å². The van der Waals surface area contributed by atoms with Crippen LogP contribution in [-0.2, 0) is 10.0 Å². The fourth-order valence-electron chi connectivity index (χ4n) is 2.52. The lowest BCUT2D eigenvalue weighted by Crippen LogP contribution is -2.53. The zero-order valence-electron chi connectivity index (χ0n) is 12.9. The van der Waals surface area contributed by atoms with Crippen molar-refractivity contribution < 1.29 is 13.2 Å². The van der Waals surface area contributed by atoms with Gasteiger partial charge in [0.05, 0.1) is 7.11 Å². The van der Waals surface area contributed by atoms with Crippen LogP contribution in [0.15, 0.2) is 27.6 Å². The molecule has 126 valence electrons. The highest BCUT2D eigenvalue weighted by Crippen LogP contribution is 2.35. The fraction of sp³-hybridized carbons (Fsp3) is 0.571.